The van der Waals surface area contributed by atoms with Crippen molar-refractivity contribution in [1.29, 1.82) is 0 Å². The number of nitrogens with one attached hydrogen (secondary N) is 1. The minimum Gasteiger partial charge on any atom is -0.497 e. The highest BCUT2D eigenvalue weighted by Gasteiger charge is 2.49. The summed E-state index contributed by atoms with van der Waals surface area (Å²) in [5, 5.41) is 94.5. The van der Waals surface area contributed by atoms with E-state index in [4.69, 9.17) is 53.1 Å². The fourth-order valence-corrected chi connectivity index (χ4v) is 14.0. The summed E-state index contributed by atoms with van der Waals surface area (Å²) in [5.41, 5.74) is -0.886. The molecule has 0 spiro atoms. The number of imide groups is 1. The Morgan fingerprint density at radius 1 is 0.706 bits per heavy atom. The molecule has 109 heavy (non-hydrogen) atoms. The fraction of sp³-hybridized carbons (Fsp3) is 0.466. The Morgan fingerprint density at radius 3 is 2.03 bits per heavy atom. The number of aliphatic hydroxyl groups is 7. The molecule has 0 radical (unpaired) electrons. The van der Waals surface area contributed by atoms with Gasteiger partial charge < -0.3 is 102 Å². The van der Waals surface area contributed by atoms with Crippen molar-refractivity contribution in [2.75, 3.05) is 76.3 Å². The number of benzene rings is 4. The number of imidazole rings is 1. The number of aromatic nitrogens is 5. The van der Waals surface area contributed by atoms with E-state index in [0.717, 1.165) is 17.0 Å². The monoisotopic (exact) mass is 1560 g/mol. The van der Waals surface area contributed by atoms with Crippen LogP contribution in [0.4, 0.5) is 11.4 Å². The minimum absolute atomic E-state index is 0.0202. The van der Waals surface area contributed by atoms with Crippen molar-refractivity contribution in [3.8, 4) is 28.7 Å². The van der Waals surface area contributed by atoms with Crippen LogP contribution < -0.4 is 32.8 Å². The number of methoxy groups -OCH3 is 1. The molecule has 2 fully saturated rings. The molecular weight excluding hydrogens is 1470 g/mol. The SMILES string of the molecule is COc1ccc2c(OS(=O)(=O)Oc3cc(C(=O)N(C)CC(C)(C)COCC(C)(C)Cn4cc(C(C)(C)COC(C)(C)CN5C(=O)C=CC5=O)nn4)ccc3O[C@@H]3O[C@H](CO)[C@H](O)[C@H](O)[C@H]3O)cc3c(c2c1)[C@H](CCl)CN3C(=O)c1cn2cc(NC(=O)c3ccc(O[C@@H]4O[C@H](C(=O)O)[C@@H](O)[C@H](O)[C@H]4O)cc3)ccc2n1. The Bertz CT molecular complexity index is 4720. The van der Waals surface area contributed by atoms with Gasteiger partial charge in [0.05, 0.1) is 62.8 Å². The Balaban J connectivity index is 0.783. The largest absolute Gasteiger partial charge is 0.501 e. The lowest BCUT2D eigenvalue weighted by atomic mass is 9.90. The van der Waals surface area contributed by atoms with Gasteiger partial charge in [-0.2, -0.15) is 0 Å². The van der Waals surface area contributed by atoms with Gasteiger partial charge in [-0.15, -0.1) is 25.1 Å². The van der Waals surface area contributed by atoms with E-state index in [1.54, 1.807) is 30.7 Å². The number of alkyl halides is 1. The van der Waals surface area contributed by atoms with E-state index in [9.17, 15) is 78.0 Å². The number of anilines is 2. The van der Waals surface area contributed by atoms with E-state index in [0.29, 0.717) is 28.9 Å². The van der Waals surface area contributed by atoms with Gasteiger partial charge >= 0.3 is 16.4 Å². The van der Waals surface area contributed by atoms with Gasteiger partial charge in [0, 0.05) is 108 Å². The van der Waals surface area contributed by atoms with Crippen LogP contribution in [0.15, 0.2) is 110 Å². The van der Waals surface area contributed by atoms with Gasteiger partial charge in [0.1, 0.15) is 65.6 Å². The quantitative estimate of drug-likeness (QED) is 0.0230. The van der Waals surface area contributed by atoms with E-state index in [1.165, 1.54) is 108 Å². The molecular formula is C73H86ClN9O25S. The van der Waals surface area contributed by atoms with Gasteiger partial charge in [0.15, 0.2) is 23.4 Å². The topological polar surface area (TPSA) is 451 Å². The van der Waals surface area contributed by atoms with Crippen molar-refractivity contribution in [3.63, 3.8) is 0 Å². The van der Waals surface area contributed by atoms with Crippen LogP contribution in [-0.2, 0) is 55.7 Å². The number of aliphatic hydroxyl groups excluding tert-OH is 7. The number of amides is 5. The lowest BCUT2D eigenvalue weighted by Gasteiger charge is -2.39. The van der Waals surface area contributed by atoms with E-state index < -0.39 is 153 Å². The second-order valence-corrected chi connectivity index (χ2v) is 31.4. The zero-order chi connectivity index (χ0) is 79.1. The van der Waals surface area contributed by atoms with Crippen LogP contribution in [0.3, 0.4) is 0 Å². The molecule has 0 unspecified atom stereocenters. The smallest absolute Gasteiger partial charge is 0.497 e. The third-order valence-electron chi connectivity index (χ3n) is 18.7. The summed E-state index contributed by atoms with van der Waals surface area (Å²) in [7, 11) is -2.45. The molecule has 2 saturated heterocycles. The van der Waals surface area contributed by atoms with E-state index >= 15 is 0 Å². The maximum absolute atomic E-state index is 14.9. The first-order valence-electron chi connectivity index (χ1n) is 34.5. The maximum atomic E-state index is 14.9. The molecule has 0 bridgehead atoms. The van der Waals surface area contributed by atoms with Gasteiger partial charge in [-0.3, -0.25) is 33.6 Å². The third-order valence-corrected chi connectivity index (χ3v) is 19.9. The van der Waals surface area contributed by atoms with Crippen molar-refractivity contribution < 1.29 is 120 Å². The van der Waals surface area contributed by atoms with Crippen LogP contribution >= 0.6 is 11.6 Å². The molecule has 3 aromatic heterocycles. The van der Waals surface area contributed by atoms with Crippen molar-refractivity contribution >= 4 is 85.3 Å². The van der Waals surface area contributed by atoms with E-state index in [2.05, 4.69) is 20.6 Å². The average molecular weight is 1560 g/mol. The van der Waals surface area contributed by atoms with Crippen LogP contribution in [0, 0.1) is 10.8 Å². The minimum atomic E-state index is -5.40. The molecule has 0 aliphatic carbocycles. The van der Waals surface area contributed by atoms with Crippen LogP contribution in [-0.4, -0.2) is 252 Å². The Labute approximate surface area is 630 Å². The highest BCUT2D eigenvalue weighted by molar-refractivity contribution is 7.82. The van der Waals surface area contributed by atoms with Crippen molar-refractivity contribution in [2.45, 2.75) is 140 Å². The first-order valence-corrected chi connectivity index (χ1v) is 36.3. The molecule has 4 aliphatic rings. The predicted molar refractivity (Wildman–Crippen MR) is 385 cm³/mol. The Hall–Kier alpha value is -9.47. The van der Waals surface area contributed by atoms with Crippen molar-refractivity contribution in [3.05, 3.63) is 138 Å². The number of ether oxygens (including phenoxy) is 7. The van der Waals surface area contributed by atoms with Gasteiger partial charge in [0.2, 0.25) is 12.6 Å². The van der Waals surface area contributed by atoms with Gasteiger partial charge in [-0.05, 0) is 97.6 Å². The summed E-state index contributed by atoms with van der Waals surface area (Å²) >= 11 is 6.67. The molecule has 11 rings (SSSR count). The second-order valence-electron chi connectivity index (χ2n) is 30.0. The number of nitrogens with zero attached hydrogens (tertiary/aromatic N) is 8. The summed E-state index contributed by atoms with van der Waals surface area (Å²) in [5.74, 6) is -6.06. The van der Waals surface area contributed by atoms with Gasteiger partial charge in [0.25, 0.3) is 29.5 Å². The fourth-order valence-electron chi connectivity index (χ4n) is 13.0. The molecule has 7 heterocycles. The van der Waals surface area contributed by atoms with E-state index in [-0.39, 0.29) is 96.1 Å². The molecule has 4 aromatic carbocycles. The number of carbonyl (C=O) groups is 6. The predicted octanol–water partition coefficient (Wildman–Crippen LogP) is 3.31. The standard InChI is InChI=1S/C73H86ClN9O25S/c1-70(2,35-101-36-71(3,4)33-81-30-52(77-78-81)72(5,6)37-102-73(7,8)34-83-54(85)21-22-55(83)86)32-79(9)65(94)39-13-19-48(104-69-61(91)58(88)57(87)51(31-84)105-69)50(23-39)108-109(98,99)107-49-25-47-56(45-24-43(100-10)17-18-44(45)49)40(26-74)27-82(47)66(95)46-29-80-28-41(14-20-53(80)76-46)75-64(93)38-11-15-42(16-12-38)103-68-62(92)59(89)60(90)63(106-68)67(96)97/h11-25,28-30,40,51,57-63,68-69,84,87-92H,26-27,31-37H2,1-10H3,(H,75,93)(H,96,97)/t40-,51-,57+,58+,59+,60+,61-,62-,63+,68-,69-/m1/s1. The number of pyridine rings is 1. The molecule has 36 heteroatoms. The van der Waals surface area contributed by atoms with Crippen LogP contribution in [0.25, 0.3) is 16.4 Å². The maximum Gasteiger partial charge on any atom is 0.501 e. The molecule has 34 nitrogen and oxygen atoms in total. The zero-order valence-electron chi connectivity index (χ0n) is 61.0. The summed E-state index contributed by atoms with van der Waals surface area (Å²) in [6, 6.07) is 17.9. The van der Waals surface area contributed by atoms with Gasteiger partial charge in [-0.25, -0.2) is 9.78 Å². The number of carbonyl (C=O) groups excluding carboxylic acids is 5. The summed E-state index contributed by atoms with van der Waals surface area (Å²) in [6.45, 7) is 15.6. The summed E-state index contributed by atoms with van der Waals surface area (Å²) in [6.07, 6.45) is -11.1. The molecule has 586 valence electrons. The lowest BCUT2D eigenvalue weighted by molar-refractivity contribution is -0.277. The molecule has 11 atom stereocenters. The number of fused-ring (bicyclic) bond motifs is 4. The van der Waals surface area contributed by atoms with Crippen molar-refractivity contribution in [1.82, 2.24) is 34.2 Å². The number of hydrogen-bond donors (Lipinski definition) is 9. The first kappa shape index (κ1) is 80.5. The summed E-state index contributed by atoms with van der Waals surface area (Å²) < 4.78 is 84.6. The average Bonchev–Trinajstić information content (AvgIpc) is 1.61. The molecule has 9 N–H and O–H groups in total. The second kappa shape index (κ2) is 31.9. The lowest BCUT2D eigenvalue weighted by Crippen LogP contribution is -2.61. The normalized spacial score (nSPS) is 22.6. The molecule has 4 aliphatic heterocycles. The molecule has 0 saturated carbocycles. The number of rotatable bonds is 30. The highest BCUT2D eigenvalue weighted by atomic mass is 35.5. The number of hydrogen-bond acceptors (Lipinski definition) is 27. The van der Waals surface area contributed by atoms with Crippen LogP contribution in [0.2, 0.25) is 0 Å². The number of halogens is 1. The first-order chi connectivity index (χ1) is 51.3. The van der Waals surface area contributed by atoms with Gasteiger partial charge in [-0.1, -0.05) is 46.8 Å². The van der Waals surface area contributed by atoms with Crippen LogP contribution in [0.5, 0.6) is 28.7 Å². The number of carboxylic acids is 1. The molecule has 5 amide bonds. The third kappa shape index (κ3) is 18.1. The number of aliphatic carboxylic acids is 1. The Kier molecular flexibility index (Phi) is 23.5. The highest BCUT2D eigenvalue weighted by Crippen LogP contribution is 2.48. The zero-order valence-corrected chi connectivity index (χ0v) is 62.6. The van der Waals surface area contributed by atoms with Crippen LogP contribution in [0.1, 0.15) is 104 Å². The van der Waals surface area contributed by atoms with E-state index in [1.807, 2.05) is 47.7 Å². The Morgan fingerprint density at radius 2 is 1.36 bits per heavy atom. The molecule has 7 aromatic rings. The number of carboxylic acid groups (broad SMARTS) is 1. The summed E-state index contributed by atoms with van der Waals surface area (Å²) in [4.78, 5) is 87.4. The van der Waals surface area contributed by atoms with Crippen molar-refractivity contribution in [2.24, 2.45) is 10.8 Å².